The van der Waals surface area contributed by atoms with Crippen LogP contribution < -0.4 is 14.2 Å². The lowest BCUT2D eigenvalue weighted by molar-refractivity contribution is -0.605. The Morgan fingerprint density at radius 1 is 1.09 bits per heavy atom. The summed E-state index contributed by atoms with van der Waals surface area (Å²) in [6, 6.07) is 9.13. The summed E-state index contributed by atoms with van der Waals surface area (Å²) in [5, 5.41) is 10.5. The average Bonchev–Trinajstić information content (AvgIpc) is 3.72. The average molecular weight is 734 g/mol. The first-order valence-corrected chi connectivity index (χ1v) is 17.4. The molecule has 1 saturated heterocycles. The molecule has 2 aliphatic rings. The smallest absolute Gasteiger partial charge is 0.387 e. The first-order chi connectivity index (χ1) is 22.4. The van der Waals surface area contributed by atoms with Gasteiger partial charge in [0.2, 0.25) is 10.0 Å². The van der Waals surface area contributed by atoms with Crippen LogP contribution in [-0.2, 0) is 30.7 Å². The molecule has 3 aromatic rings. The molecule has 0 amide bonds. The van der Waals surface area contributed by atoms with Crippen molar-refractivity contribution in [3.05, 3.63) is 86.8 Å². The summed E-state index contributed by atoms with van der Waals surface area (Å²) in [7, 11) is -3.02. The van der Waals surface area contributed by atoms with E-state index in [9.17, 15) is 32.0 Å². The number of aromatic nitrogens is 1. The summed E-state index contributed by atoms with van der Waals surface area (Å²) in [5.74, 6) is -1.23. The van der Waals surface area contributed by atoms with Gasteiger partial charge < -0.3 is 24.2 Å². The summed E-state index contributed by atoms with van der Waals surface area (Å²) >= 11 is 13.7. The zero-order valence-electron chi connectivity index (χ0n) is 24.6. The minimum absolute atomic E-state index is 0.00511. The number of hydrogen-bond donors (Lipinski definition) is 0. The second-order valence-corrected chi connectivity index (χ2v) is 14.5. The van der Waals surface area contributed by atoms with E-state index in [2.05, 4.69) is 9.47 Å². The van der Waals surface area contributed by atoms with Crippen molar-refractivity contribution in [1.82, 2.24) is 4.31 Å². The zero-order valence-corrected chi connectivity index (χ0v) is 27.8. The third-order valence-electron chi connectivity index (χ3n) is 7.37. The predicted octanol–water partition coefficient (Wildman–Crippen LogP) is 5.39. The molecule has 2 aromatic carbocycles. The number of benzene rings is 2. The van der Waals surface area contributed by atoms with Gasteiger partial charge in [0.25, 0.3) is 0 Å². The van der Waals surface area contributed by atoms with E-state index in [1.165, 1.54) is 49.6 Å². The molecule has 1 aliphatic heterocycles. The normalized spacial score (nSPS) is 17.4. The number of halogens is 4. The van der Waals surface area contributed by atoms with Crippen LogP contribution in [0, 0.1) is 11.1 Å². The summed E-state index contributed by atoms with van der Waals surface area (Å²) in [6.07, 6.45) is 2.65. The quantitative estimate of drug-likeness (QED) is 0.128. The van der Waals surface area contributed by atoms with Gasteiger partial charge in [0.1, 0.15) is 16.1 Å². The van der Waals surface area contributed by atoms with Crippen molar-refractivity contribution >= 4 is 56.9 Å². The van der Waals surface area contributed by atoms with Gasteiger partial charge in [-0.25, -0.2) is 18.0 Å². The van der Waals surface area contributed by atoms with Gasteiger partial charge in [-0.15, -0.1) is 11.8 Å². The van der Waals surface area contributed by atoms with E-state index in [1.54, 1.807) is 0 Å². The molecular formula is C30H28Cl2F2N2O9S2. The van der Waals surface area contributed by atoms with Crippen LogP contribution in [0.5, 0.6) is 11.5 Å². The first-order valence-electron chi connectivity index (χ1n) is 14.2. The lowest BCUT2D eigenvalue weighted by atomic mass is 10.0. The minimum atomic E-state index is -4.22. The number of thioether (sulfide) groups is 1. The van der Waals surface area contributed by atoms with Gasteiger partial charge in [-0.2, -0.15) is 17.8 Å². The number of esters is 2. The molecule has 0 bridgehead atoms. The number of rotatable bonds is 13. The van der Waals surface area contributed by atoms with E-state index < -0.39 is 40.1 Å². The Bertz CT molecular complexity index is 1720. The number of carbonyl (C=O) groups is 2. The first kappa shape index (κ1) is 35.0. The maximum atomic E-state index is 13.7. The number of carbonyl (C=O) groups excluding carboxylic acids is 2. The van der Waals surface area contributed by atoms with Gasteiger partial charge in [0, 0.05) is 24.3 Å². The number of ether oxygens (including phenoxy) is 4. The fourth-order valence-electron chi connectivity index (χ4n) is 4.76. The second-order valence-electron chi connectivity index (χ2n) is 10.6. The van der Waals surface area contributed by atoms with Crippen molar-refractivity contribution in [2.75, 3.05) is 26.0 Å². The molecule has 2 atom stereocenters. The molecule has 1 unspecified atom stereocenters. The van der Waals surface area contributed by atoms with Crippen LogP contribution in [0.3, 0.4) is 0 Å². The molecule has 5 rings (SSSR count). The van der Waals surface area contributed by atoms with Gasteiger partial charge in [-0.3, -0.25) is 0 Å². The molecule has 0 N–H and O–H groups in total. The molecule has 2 heterocycles. The van der Waals surface area contributed by atoms with E-state index in [4.69, 9.17) is 32.7 Å². The Balaban J connectivity index is 1.45. The summed E-state index contributed by atoms with van der Waals surface area (Å²) in [5.41, 5.74) is 0.681. The predicted molar refractivity (Wildman–Crippen MR) is 167 cm³/mol. The minimum Gasteiger partial charge on any atom is -0.619 e. The van der Waals surface area contributed by atoms with Crippen molar-refractivity contribution in [3.8, 4) is 11.5 Å². The number of nitrogens with zero attached hydrogens (tertiary/aromatic N) is 2. The van der Waals surface area contributed by atoms with Crippen LogP contribution in [0.1, 0.15) is 40.4 Å². The molecule has 0 spiro atoms. The molecule has 2 fully saturated rings. The number of methoxy groups -OCH3 is 1. The largest absolute Gasteiger partial charge is 0.619 e. The highest BCUT2D eigenvalue weighted by Gasteiger charge is 2.42. The topological polar surface area (TPSA) is 135 Å². The van der Waals surface area contributed by atoms with Crippen LogP contribution >= 0.6 is 35.0 Å². The zero-order chi connectivity index (χ0) is 33.9. The number of alkyl halides is 2. The number of sulfonamides is 1. The Hall–Kier alpha value is -3.37. The van der Waals surface area contributed by atoms with Crippen molar-refractivity contribution in [1.29, 1.82) is 0 Å². The molecule has 252 valence electrons. The maximum absolute atomic E-state index is 13.7. The lowest BCUT2D eigenvalue weighted by Gasteiger charge is -2.26. The highest BCUT2D eigenvalue weighted by molar-refractivity contribution is 8.02. The van der Waals surface area contributed by atoms with Crippen molar-refractivity contribution in [2.24, 2.45) is 5.92 Å². The fourth-order valence-corrected chi connectivity index (χ4v) is 8.41. The van der Waals surface area contributed by atoms with Crippen LogP contribution in [0.2, 0.25) is 10.0 Å². The second kappa shape index (κ2) is 14.8. The van der Waals surface area contributed by atoms with E-state index in [0.29, 0.717) is 4.73 Å². The van der Waals surface area contributed by atoms with Gasteiger partial charge in [-0.1, -0.05) is 29.3 Å². The van der Waals surface area contributed by atoms with Crippen LogP contribution in [0.25, 0.3) is 0 Å². The van der Waals surface area contributed by atoms with Crippen LogP contribution in [-0.4, -0.2) is 62.7 Å². The van der Waals surface area contributed by atoms with Gasteiger partial charge in [0.05, 0.1) is 24.2 Å². The summed E-state index contributed by atoms with van der Waals surface area (Å²) in [4.78, 5) is 25.4. The van der Waals surface area contributed by atoms with Gasteiger partial charge in [-0.05, 0) is 60.7 Å². The molecule has 17 heteroatoms. The maximum Gasteiger partial charge on any atom is 0.387 e. The molecule has 1 aromatic heterocycles. The fraction of sp³-hybridized carbons (Fsp3) is 0.367. The van der Waals surface area contributed by atoms with E-state index in [-0.39, 0.29) is 74.4 Å². The molecule has 0 radical (unpaired) electrons. The summed E-state index contributed by atoms with van der Waals surface area (Å²) < 4.78 is 76.0. The monoisotopic (exact) mass is 732 g/mol. The Kier molecular flexibility index (Phi) is 11.0. The molecule has 1 saturated carbocycles. The van der Waals surface area contributed by atoms with E-state index in [1.807, 2.05) is 0 Å². The standard InChI is InChI=1S/C30H28Cl2F2N2O9S2/c1-42-28(37)18-4-7-20(8-5-18)47(40,41)36-10-11-46-27(36)29(38)44-25(13-21-22(31)14-35(39)15-23(21)32)19-6-9-24(45-30(33)34)26(12-19)43-16-17-2-3-17/h4-9,12,14-15,17,25,27,30H,2-3,10-11,13,16H2,1H3/t25-,27?/m0/s1. The number of pyridine rings is 1. The Labute approximate surface area is 283 Å². The van der Waals surface area contributed by atoms with Crippen molar-refractivity contribution in [2.45, 2.75) is 42.2 Å². The third kappa shape index (κ3) is 8.38. The SMILES string of the molecule is COC(=O)c1ccc(S(=O)(=O)N2CCSC2C(=O)O[C@@H](Cc2c(Cl)c[n+]([O-])cc2Cl)c2ccc(OC(F)F)c(OCC3CC3)c2)cc1. The van der Waals surface area contributed by atoms with Gasteiger partial charge >= 0.3 is 18.6 Å². The third-order valence-corrected chi connectivity index (χ3v) is 11.2. The van der Waals surface area contributed by atoms with E-state index >= 15 is 0 Å². The van der Waals surface area contributed by atoms with Crippen molar-refractivity contribution < 1.29 is 50.5 Å². The highest BCUT2D eigenvalue weighted by atomic mass is 35.5. The molecule has 47 heavy (non-hydrogen) atoms. The van der Waals surface area contributed by atoms with Crippen LogP contribution in [0.15, 0.2) is 59.8 Å². The number of hydrogen-bond acceptors (Lipinski definition) is 10. The summed E-state index contributed by atoms with van der Waals surface area (Å²) in [6.45, 7) is -2.86. The van der Waals surface area contributed by atoms with Gasteiger partial charge in [0.15, 0.2) is 29.3 Å². The lowest BCUT2D eigenvalue weighted by Crippen LogP contribution is -2.40. The Morgan fingerprint density at radius 2 is 1.77 bits per heavy atom. The Morgan fingerprint density at radius 3 is 2.38 bits per heavy atom. The molecule has 1 aliphatic carbocycles. The highest BCUT2D eigenvalue weighted by Crippen LogP contribution is 2.39. The molecule has 11 nitrogen and oxygen atoms in total. The molecular weight excluding hydrogens is 705 g/mol. The van der Waals surface area contributed by atoms with Crippen LogP contribution in [0.4, 0.5) is 8.78 Å². The van der Waals surface area contributed by atoms with E-state index in [0.717, 1.165) is 41.3 Å². The van der Waals surface area contributed by atoms with Crippen molar-refractivity contribution in [3.63, 3.8) is 0 Å².